The van der Waals surface area contributed by atoms with Gasteiger partial charge in [0.2, 0.25) is 12.4 Å². The Morgan fingerprint density at radius 1 is 1.38 bits per heavy atom. The Labute approximate surface area is 143 Å². The van der Waals surface area contributed by atoms with E-state index < -0.39 is 0 Å². The molecule has 0 spiro atoms. The number of hydrazine groups is 1. The highest BCUT2D eigenvalue weighted by molar-refractivity contribution is 5.90. The van der Waals surface area contributed by atoms with E-state index in [2.05, 4.69) is 21.5 Å². The highest BCUT2D eigenvalue weighted by Gasteiger charge is 2.13. The molecule has 1 aliphatic carbocycles. The van der Waals surface area contributed by atoms with E-state index in [1.54, 1.807) is 25.0 Å². The molecule has 1 aromatic heterocycles. The van der Waals surface area contributed by atoms with Crippen LogP contribution in [0.3, 0.4) is 0 Å². The average molecular weight is 333 g/mol. The molecule has 0 bridgehead atoms. The summed E-state index contributed by atoms with van der Waals surface area (Å²) in [4.78, 5) is 5.16. The normalized spacial score (nSPS) is 15.7. The molecule has 7 heteroatoms. The van der Waals surface area contributed by atoms with Gasteiger partial charge in [-0.05, 0) is 18.9 Å². The van der Waals surface area contributed by atoms with Crippen LogP contribution in [0, 0.1) is 5.41 Å². The molecule has 7 nitrogen and oxygen atoms in total. The van der Waals surface area contributed by atoms with Gasteiger partial charge in [-0.2, -0.15) is 0 Å². The first kappa shape index (κ1) is 18.1. The standard InChI is InChI=1S/C17H29N6O/c1-19-22-17(11-16(18)21-15-8-4-3-5-9-15)20-12-14-7-6-10-23(13-14)24-2/h6-7,10-11,13,15,19-20,22H,3-5,8-9,12H2,1-2H3,(H2,18,21)/q+1/b17-11-. The Hall–Kier alpha value is -2.28. The van der Waals surface area contributed by atoms with Crippen molar-refractivity contribution in [3.8, 4) is 0 Å². The van der Waals surface area contributed by atoms with Crippen molar-refractivity contribution in [3.05, 3.63) is 42.0 Å². The van der Waals surface area contributed by atoms with E-state index in [-0.39, 0.29) is 0 Å². The van der Waals surface area contributed by atoms with E-state index in [1.807, 2.05) is 24.5 Å². The van der Waals surface area contributed by atoms with Crippen molar-refractivity contribution in [2.75, 3.05) is 14.2 Å². The molecule has 1 aliphatic rings. The minimum atomic E-state index is 0.423. The van der Waals surface area contributed by atoms with E-state index in [0.717, 1.165) is 24.2 Å². The molecule has 1 aromatic rings. The van der Waals surface area contributed by atoms with Crippen molar-refractivity contribution in [1.29, 1.82) is 5.41 Å². The maximum Gasteiger partial charge on any atom is 0.227 e. The van der Waals surface area contributed by atoms with Gasteiger partial charge in [-0.3, -0.25) is 10.2 Å². The second-order valence-corrected chi connectivity index (χ2v) is 5.93. The predicted octanol–water partition coefficient (Wildman–Crippen LogP) is 0.587. The van der Waals surface area contributed by atoms with Crippen molar-refractivity contribution in [1.82, 2.24) is 21.5 Å². The molecule has 0 unspecified atom stereocenters. The summed E-state index contributed by atoms with van der Waals surface area (Å²) in [6, 6.07) is 4.38. The maximum atomic E-state index is 8.16. The van der Waals surface area contributed by atoms with E-state index in [1.165, 1.54) is 19.3 Å². The van der Waals surface area contributed by atoms with Gasteiger partial charge in [-0.1, -0.05) is 19.3 Å². The van der Waals surface area contributed by atoms with Crippen LogP contribution < -0.4 is 31.1 Å². The summed E-state index contributed by atoms with van der Waals surface area (Å²) in [7, 11) is 3.43. The molecule has 132 valence electrons. The molecule has 1 fully saturated rings. The van der Waals surface area contributed by atoms with Gasteiger partial charge in [0.05, 0.1) is 0 Å². The topological polar surface area (TPSA) is 85.1 Å². The van der Waals surface area contributed by atoms with Crippen molar-refractivity contribution in [2.24, 2.45) is 0 Å². The fraction of sp³-hybridized carbons (Fsp3) is 0.529. The Morgan fingerprint density at radius 2 is 2.17 bits per heavy atom. The maximum absolute atomic E-state index is 8.16. The van der Waals surface area contributed by atoms with Crippen LogP contribution in [0.2, 0.25) is 0 Å². The summed E-state index contributed by atoms with van der Waals surface area (Å²) in [6.07, 6.45) is 11.7. The smallest absolute Gasteiger partial charge is 0.227 e. The van der Waals surface area contributed by atoms with Crippen molar-refractivity contribution >= 4 is 5.84 Å². The van der Waals surface area contributed by atoms with Crippen LogP contribution in [-0.2, 0) is 6.54 Å². The Balaban J connectivity index is 1.90. The Kier molecular flexibility index (Phi) is 7.35. The molecule has 1 heterocycles. The van der Waals surface area contributed by atoms with Crippen molar-refractivity contribution in [3.63, 3.8) is 0 Å². The fourth-order valence-electron chi connectivity index (χ4n) is 2.84. The molecule has 1 saturated carbocycles. The molecule has 0 amide bonds. The second-order valence-electron chi connectivity index (χ2n) is 5.93. The first-order valence-electron chi connectivity index (χ1n) is 8.49. The number of pyridine rings is 1. The quantitative estimate of drug-likeness (QED) is 0.208. The van der Waals surface area contributed by atoms with Crippen LogP contribution in [-0.4, -0.2) is 26.0 Å². The van der Waals surface area contributed by atoms with Gasteiger partial charge in [-0.25, -0.2) is 5.43 Å². The summed E-state index contributed by atoms with van der Waals surface area (Å²) in [5.74, 6) is 1.17. The summed E-state index contributed by atoms with van der Waals surface area (Å²) in [6.45, 7) is 0.626. The molecule has 0 radical (unpaired) electrons. The SMILES string of the molecule is CNN/C(=C\C(=N)NC1CCCCC1)NCc1ccc[n+](OC)c1. The summed E-state index contributed by atoms with van der Waals surface area (Å²) in [5.41, 5.74) is 7.01. The van der Waals surface area contributed by atoms with E-state index >= 15 is 0 Å². The highest BCUT2D eigenvalue weighted by atomic mass is 16.6. The van der Waals surface area contributed by atoms with Crippen LogP contribution >= 0.6 is 0 Å². The van der Waals surface area contributed by atoms with Crippen LogP contribution in [0.25, 0.3) is 0 Å². The second kappa shape index (κ2) is 9.77. The minimum Gasteiger partial charge on any atom is -0.368 e. The molecule has 24 heavy (non-hydrogen) atoms. The highest BCUT2D eigenvalue weighted by Crippen LogP contribution is 2.17. The van der Waals surface area contributed by atoms with Gasteiger partial charge in [0, 0.05) is 42.1 Å². The number of nitrogens with one attached hydrogen (secondary N) is 5. The van der Waals surface area contributed by atoms with Gasteiger partial charge >= 0.3 is 0 Å². The lowest BCUT2D eigenvalue weighted by atomic mass is 9.95. The number of amidine groups is 1. The lowest BCUT2D eigenvalue weighted by Gasteiger charge is -2.23. The number of hydrogen-bond acceptors (Lipinski definition) is 5. The zero-order chi connectivity index (χ0) is 17.2. The zero-order valence-electron chi connectivity index (χ0n) is 14.6. The summed E-state index contributed by atoms with van der Waals surface area (Å²) < 4.78 is 1.65. The molecular weight excluding hydrogens is 304 g/mol. The molecule has 5 N–H and O–H groups in total. The zero-order valence-corrected chi connectivity index (χ0v) is 14.6. The van der Waals surface area contributed by atoms with E-state index in [9.17, 15) is 0 Å². The number of rotatable bonds is 8. The molecule has 0 atom stereocenters. The third kappa shape index (κ3) is 6.08. The van der Waals surface area contributed by atoms with Crippen molar-refractivity contribution < 1.29 is 9.57 Å². The molecular formula is C17H29N6O+. The minimum absolute atomic E-state index is 0.423. The van der Waals surface area contributed by atoms with E-state index in [4.69, 9.17) is 10.2 Å². The fourth-order valence-corrected chi connectivity index (χ4v) is 2.84. The van der Waals surface area contributed by atoms with Gasteiger partial charge in [0.15, 0.2) is 0 Å². The predicted molar refractivity (Wildman–Crippen MR) is 94.0 cm³/mol. The third-order valence-electron chi connectivity index (χ3n) is 4.04. The van der Waals surface area contributed by atoms with Gasteiger partial charge in [0.25, 0.3) is 0 Å². The molecule has 0 saturated heterocycles. The monoisotopic (exact) mass is 333 g/mol. The van der Waals surface area contributed by atoms with Crippen LogP contribution in [0.15, 0.2) is 36.4 Å². The first-order chi connectivity index (χ1) is 11.7. The Morgan fingerprint density at radius 3 is 2.88 bits per heavy atom. The van der Waals surface area contributed by atoms with Crippen molar-refractivity contribution in [2.45, 2.75) is 44.7 Å². The Bertz CT molecular complexity index is 554. The van der Waals surface area contributed by atoms with Crippen LogP contribution in [0.4, 0.5) is 0 Å². The van der Waals surface area contributed by atoms with Crippen LogP contribution in [0.1, 0.15) is 37.7 Å². The molecule has 0 aromatic carbocycles. The van der Waals surface area contributed by atoms with Gasteiger partial charge in [0.1, 0.15) is 18.8 Å². The van der Waals surface area contributed by atoms with E-state index in [0.29, 0.717) is 18.4 Å². The van der Waals surface area contributed by atoms with Gasteiger partial charge in [-0.15, -0.1) is 0 Å². The first-order valence-corrected chi connectivity index (χ1v) is 8.49. The lowest BCUT2D eigenvalue weighted by molar-refractivity contribution is -0.885. The number of hydrogen-bond donors (Lipinski definition) is 5. The van der Waals surface area contributed by atoms with Gasteiger partial charge < -0.3 is 16.1 Å². The number of aromatic nitrogens is 1. The third-order valence-corrected chi connectivity index (χ3v) is 4.04. The largest absolute Gasteiger partial charge is 0.368 e. The summed E-state index contributed by atoms with van der Waals surface area (Å²) >= 11 is 0. The van der Waals surface area contributed by atoms with Crippen LogP contribution in [0.5, 0.6) is 0 Å². The molecule has 0 aliphatic heterocycles. The average Bonchev–Trinajstić information content (AvgIpc) is 2.61. The summed E-state index contributed by atoms with van der Waals surface area (Å²) in [5, 5.41) is 14.8. The lowest BCUT2D eigenvalue weighted by Crippen LogP contribution is -2.41. The molecule has 2 rings (SSSR count). The number of nitrogens with zero attached hydrogens (tertiary/aromatic N) is 1.